The Morgan fingerprint density at radius 1 is 1.47 bits per heavy atom. The molecule has 6 heteroatoms. The lowest BCUT2D eigenvalue weighted by atomic mass is 10.3. The quantitative estimate of drug-likeness (QED) is 0.752. The van der Waals surface area contributed by atoms with Gasteiger partial charge in [0.05, 0.1) is 0 Å². The standard InChI is InChI=1S/C9H10ClF3N2/c1-2-15(6-9(11,12)13)7-3-4-14-8(10)5-7/h3-5H,2,6H2,1H3. The first-order chi connectivity index (χ1) is 6.92. The van der Waals surface area contributed by atoms with Gasteiger partial charge in [-0.2, -0.15) is 13.2 Å². The highest BCUT2D eigenvalue weighted by Gasteiger charge is 2.30. The van der Waals surface area contributed by atoms with Crippen molar-refractivity contribution in [1.82, 2.24) is 4.98 Å². The molecule has 0 unspecified atom stereocenters. The molecule has 1 aromatic heterocycles. The summed E-state index contributed by atoms with van der Waals surface area (Å²) in [5.41, 5.74) is 0.426. The van der Waals surface area contributed by atoms with Gasteiger partial charge in [-0.05, 0) is 19.1 Å². The second-order valence-electron chi connectivity index (χ2n) is 2.97. The molecule has 0 aliphatic rings. The molecule has 0 aliphatic heterocycles. The minimum absolute atomic E-state index is 0.188. The second kappa shape index (κ2) is 4.70. The first-order valence-corrected chi connectivity index (χ1v) is 4.73. The fraction of sp³-hybridized carbons (Fsp3) is 0.444. The molecule has 0 saturated heterocycles. The predicted molar refractivity (Wildman–Crippen MR) is 53.2 cm³/mol. The number of anilines is 1. The lowest BCUT2D eigenvalue weighted by Crippen LogP contribution is -2.34. The Hall–Kier alpha value is -0.970. The summed E-state index contributed by atoms with van der Waals surface area (Å²) < 4.78 is 36.6. The van der Waals surface area contributed by atoms with Gasteiger partial charge in [-0.3, -0.25) is 0 Å². The van der Waals surface area contributed by atoms with Gasteiger partial charge in [0.25, 0.3) is 0 Å². The number of aromatic nitrogens is 1. The molecule has 1 heterocycles. The van der Waals surface area contributed by atoms with E-state index in [4.69, 9.17) is 11.6 Å². The molecule has 0 amide bonds. The largest absolute Gasteiger partial charge is 0.405 e. The average molecular weight is 239 g/mol. The zero-order chi connectivity index (χ0) is 11.5. The third kappa shape index (κ3) is 3.95. The molecule has 2 nitrogen and oxygen atoms in total. The fourth-order valence-corrected chi connectivity index (χ4v) is 1.36. The van der Waals surface area contributed by atoms with Crippen molar-refractivity contribution >= 4 is 17.3 Å². The van der Waals surface area contributed by atoms with Gasteiger partial charge in [-0.1, -0.05) is 11.6 Å². The van der Waals surface area contributed by atoms with Gasteiger partial charge >= 0.3 is 6.18 Å². The van der Waals surface area contributed by atoms with Crippen LogP contribution in [-0.4, -0.2) is 24.2 Å². The minimum Gasteiger partial charge on any atom is -0.363 e. The van der Waals surface area contributed by atoms with Crippen molar-refractivity contribution < 1.29 is 13.2 Å². The van der Waals surface area contributed by atoms with Crippen LogP contribution in [0.4, 0.5) is 18.9 Å². The molecule has 15 heavy (non-hydrogen) atoms. The Balaban J connectivity index is 2.83. The summed E-state index contributed by atoms with van der Waals surface area (Å²) in [6.45, 7) is 0.934. The monoisotopic (exact) mass is 238 g/mol. The van der Waals surface area contributed by atoms with E-state index in [-0.39, 0.29) is 11.7 Å². The Labute approximate surface area is 90.7 Å². The molecule has 0 atom stereocenters. The van der Waals surface area contributed by atoms with E-state index in [2.05, 4.69) is 4.98 Å². The van der Waals surface area contributed by atoms with Crippen LogP contribution in [0.1, 0.15) is 6.92 Å². The topological polar surface area (TPSA) is 16.1 Å². The van der Waals surface area contributed by atoms with Crippen LogP contribution in [0.15, 0.2) is 18.3 Å². The molecule has 0 bridgehead atoms. The van der Waals surface area contributed by atoms with Crippen molar-refractivity contribution in [2.45, 2.75) is 13.1 Å². The van der Waals surface area contributed by atoms with Crippen molar-refractivity contribution in [2.75, 3.05) is 18.0 Å². The highest BCUT2D eigenvalue weighted by molar-refractivity contribution is 6.29. The molecular formula is C9H10ClF3N2. The van der Waals surface area contributed by atoms with E-state index in [1.807, 2.05) is 0 Å². The first kappa shape index (κ1) is 12.1. The van der Waals surface area contributed by atoms with Crippen molar-refractivity contribution in [1.29, 1.82) is 0 Å². The number of nitrogens with zero attached hydrogens (tertiary/aromatic N) is 2. The normalized spacial score (nSPS) is 11.5. The van der Waals surface area contributed by atoms with Crippen LogP contribution >= 0.6 is 11.6 Å². The molecule has 0 radical (unpaired) electrons. The van der Waals surface area contributed by atoms with Crippen LogP contribution in [0.3, 0.4) is 0 Å². The highest BCUT2D eigenvalue weighted by Crippen LogP contribution is 2.22. The maximum Gasteiger partial charge on any atom is 0.405 e. The molecule has 0 saturated carbocycles. The van der Waals surface area contributed by atoms with E-state index >= 15 is 0 Å². The fourth-order valence-electron chi connectivity index (χ4n) is 1.19. The number of hydrogen-bond donors (Lipinski definition) is 0. The van der Waals surface area contributed by atoms with Gasteiger partial charge in [-0.25, -0.2) is 4.98 Å². The van der Waals surface area contributed by atoms with Crippen LogP contribution in [0.5, 0.6) is 0 Å². The average Bonchev–Trinajstić information content (AvgIpc) is 2.13. The van der Waals surface area contributed by atoms with Crippen LogP contribution in [-0.2, 0) is 0 Å². The molecule has 84 valence electrons. The zero-order valence-corrected chi connectivity index (χ0v) is 8.81. The Morgan fingerprint density at radius 2 is 2.13 bits per heavy atom. The Kier molecular flexibility index (Phi) is 3.79. The summed E-state index contributed by atoms with van der Waals surface area (Å²) in [4.78, 5) is 4.90. The molecule has 0 spiro atoms. The number of hydrogen-bond acceptors (Lipinski definition) is 2. The van der Waals surface area contributed by atoms with Crippen molar-refractivity contribution in [3.05, 3.63) is 23.5 Å². The van der Waals surface area contributed by atoms with Crippen LogP contribution < -0.4 is 4.90 Å². The minimum atomic E-state index is -4.22. The summed E-state index contributed by atoms with van der Waals surface area (Å²) in [6, 6.07) is 2.91. The van der Waals surface area contributed by atoms with Gasteiger partial charge in [0, 0.05) is 18.4 Å². The van der Waals surface area contributed by atoms with E-state index in [1.54, 1.807) is 6.92 Å². The lowest BCUT2D eigenvalue weighted by Gasteiger charge is -2.24. The molecule has 0 aromatic carbocycles. The van der Waals surface area contributed by atoms with E-state index in [1.165, 1.54) is 23.2 Å². The number of alkyl halides is 3. The number of pyridine rings is 1. The zero-order valence-electron chi connectivity index (χ0n) is 8.05. The van der Waals surface area contributed by atoms with Crippen LogP contribution in [0.2, 0.25) is 5.15 Å². The highest BCUT2D eigenvalue weighted by atomic mass is 35.5. The van der Waals surface area contributed by atoms with Crippen LogP contribution in [0, 0.1) is 0 Å². The van der Waals surface area contributed by atoms with Gasteiger partial charge in [0.15, 0.2) is 0 Å². The first-order valence-electron chi connectivity index (χ1n) is 4.35. The van der Waals surface area contributed by atoms with E-state index in [0.717, 1.165) is 0 Å². The van der Waals surface area contributed by atoms with E-state index < -0.39 is 12.7 Å². The number of halogens is 4. The second-order valence-corrected chi connectivity index (χ2v) is 3.35. The SMILES string of the molecule is CCN(CC(F)(F)F)c1ccnc(Cl)c1. The summed E-state index contributed by atoms with van der Waals surface area (Å²) in [5.74, 6) is 0. The summed E-state index contributed by atoms with van der Waals surface area (Å²) in [7, 11) is 0. The third-order valence-electron chi connectivity index (χ3n) is 1.83. The van der Waals surface area contributed by atoms with Gasteiger partial charge < -0.3 is 4.90 Å². The van der Waals surface area contributed by atoms with Crippen molar-refractivity contribution in [3.8, 4) is 0 Å². The summed E-state index contributed by atoms with van der Waals surface area (Å²) >= 11 is 5.60. The molecule has 1 aromatic rings. The maximum absolute atomic E-state index is 12.2. The molecular weight excluding hydrogens is 229 g/mol. The molecule has 1 rings (SSSR count). The molecule has 0 fully saturated rings. The van der Waals surface area contributed by atoms with Crippen LogP contribution in [0.25, 0.3) is 0 Å². The Bertz CT molecular complexity index is 327. The third-order valence-corrected chi connectivity index (χ3v) is 2.03. The molecule has 0 N–H and O–H groups in total. The van der Waals surface area contributed by atoms with Crippen molar-refractivity contribution in [2.24, 2.45) is 0 Å². The van der Waals surface area contributed by atoms with Gasteiger partial charge in [0.2, 0.25) is 0 Å². The maximum atomic E-state index is 12.2. The Morgan fingerprint density at radius 3 is 2.60 bits per heavy atom. The van der Waals surface area contributed by atoms with E-state index in [0.29, 0.717) is 5.69 Å². The lowest BCUT2D eigenvalue weighted by molar-refractivity contribution is -0.119. The summed E-state index contributed by atoms with van der Waals surface area (Å²) in [6.07, 6.45) is -2.83. The smallest absolute Gasteiger partial charge is 0.363 e. The molecule has 0 aliphatic carbocycles. The van der Waals surface area contributed by atoms with E-state index in [9.17, 15) is 13.2 Å². The summed E-state index contributed by atoms with van der Waals surface area (Å²) in [5, 5.41) is 0.188. The van der Waals surface area contributed by atoms with Gasteiger partial charge in [0.1, 0.15) is 11.7 Å². The van der Waals surface area contributed by atoms with Gasteiger partial charge in [-0.15, -0.1) is 0 Å². The van der Waals surface area contributed by atoms with Crippen molar-refractivity contribution in [3.63, 3.8) is 0 Å². The predicted octanol–water partition coefficient (Wildman–Crippen LogP) is 3.12. The number of rotatable bonds is 3.